The van der Waals surface area contributed by atoms with Crippen molar-refractivity contribution in [3.05, 3.63) is 215 Å². The fraction of sp³-hybridized carbons (Fsp3) is 0.296. The Morgan fingerprint density at radius 1 is 0.398 bits per heavy atom. The minimum absolute atomic E-state index is 0.000155. The van der Waals surface area contributed by atoms with Crippen LogP contribution in [0.5, 0.6) is 34.9 Å². The third-order valence-corrected chi connectivity index (χ3v) is 19.8. The van der Waals surface area contributed by atoms with E-state index in [1.165, 1.54) is 19.0 Å². The minimum Gasteiger partial charge on any atom is -0.446 e. The summed E-state index contributed by atoms with van der Waals surface area (Å²) in [7, 11) is 2.13. The van der Waals surface area contributed by atoms with E-state index < -0.39 is 17.5 Å². The summed E-state index contributed by atoms with van der Waals surface area (Å²) < 4.78 is 69.4. The van der Waals surface area contributed by atoms with E-state index in [1.807, 2.05) is 122 Å². The number of likely N-dealkylation sites (N-methyl/N-ethyl adjacent to an activating group) is 2. The third-order valence-electron chi connectivity index (χ3n) is 19.8. The van der Waals surface area contributed by atoms with Crippen LogP contribution in [0.2, 0.25) is 0 Å². The number of ether oxygens (including phenoxy) is 3. The van der Waals surface area contributed by atoms with Gasteiger partial charge >= 0.3 is 0 Å². The molecule has 4 N–H and O–H groups in total. The van der Waals surface area contributed by atoms with Crippen LogP contribution in [-0.2, 0) is 19.6 Å². The molecule has 0 atom stereocenters. The molecule has 3 aliphatic heterocycles. The van der Waals surface area contributed by atoms with Gasteiger partial charge in [0.25, 0.3) is 17.1 Å². The number of aromatic nitrogens is 9. The molecule has 552 valence electrons. The Morgan fingerprint density at radius 3 is 1.00 bits per heavy atom. The van der Waals surface area contributed by atoms with Crippen molar-refractivity contribution >= 4 is 101 Å². The van der Waals surface area contributed by atoms with Gasteiger partial charge in [0, 0.05) is 166 Å². The Hall–Kier alpha value is -12.5. The van der Waals surface area contributed by atoms with Crippen LogP contribution < -0.4 is 50.2 Å². The molecule has 0 amide bonds. The van der Waals surface area contributed by atoms with Crippen molar-refractivity contribution in [1.82, 2.24) is 58.7 Å². The molecule has 15 rings (SSSR count). The SMILES string of the molecule is [C-]#[N+]c1c(Nc2ccc(N3CCN(C)CC3)cc2)ncnc1Oc1ccc2c(cc(C)n2CC)c1F.[C-]#[N+]c1c(Nc2ccc(N3CCN(CC)CC3)cc2)ncnc1Oc1ccc2c(cc(C)n2CC)c1F.[C-]#[N+]c1c(Nc2ccc(N3CCNCC3)cc2)ncnc1Oc1ccc2c(cc(C)n2CC)c1F. The normalized spacial score (nSPS) is 13.9. The molecule has 6 aromatic heterocycles. The van der Waals surface area contributed by atoms with Crippen LogP contribution in [0.3, 0.4) is 0 Å². The van der Waals surface area contributed by atoms with E-state index >= 15 is 13.2 Å². The number of aryl methyl sites for hydroxylation is 6. The molecule has 108 heavy (non-hydrogen) atoms. The zero-order chi connectivity index (χ0) is 75.5. The second-order valence-electron chi connectivity index (χ2n) is 26.3. The summed E-state index contributed by atoms with van der Waals surface area (Å²) in [6, 6.07) is 39.6. The number of hydrogen-bond donors (Lipinski definition) is 4. The van der Waals surface area contributed by atoms with E-state index in [9.17, 15) is 0 Å². The lowest BCUT2D eigenvalue weighted by Crippen LogP contribution is -2.46. The van der Waals surface area contributed by atoms with Gasteiger partial charge in [0.2, 0.25) is 17.6 Å². The molecule has 3 saturated heterocycles. The van der Waals surface area contributed by atoms with Crippen LogP contribution >= 0.6 is 0 Å². The zero-order valence-corrected chi connectivity index (χ0v) is 61.6. The van der Waals surface area contributed by atoms with Crippen molar-refractivity contribution < 1.29 is 27.4 Å². The molecule has 3 aliphatic rings. The molecule has 12 aromatic rings. The molecule has 9 heterocycles. The van der Waals surface area contributed by atoms with Crippen molar-refractivity contribution in [1.29, 1.82) is 0 Å². The fourth-order valence-corrected chi connectivity index (χ4v) is 13.9. The topological polar surface area (TPSA) is 197 Å². The lowest BCUT2D eigenvalue weighted by molar-refractivity contribution is 0.271. The van der Waals surface area contributed by atoms with Crippen molar-refractivity contribution in [2.45, 2.75) is 68.1 Å². The van der Waals surface area contributed by atoms with Gasteiger partial charge in [-0.25, -0.2) is 57.6 Å². The second kappa shape index (κ2) is 33.3. The maximum Gasteiger partial charge on any atom is 0.288 e. The Balaban J connectivity index is 0.000000143. The molecule has 0 saturated carbocycles. The average molecular weight is 1460 g/mol. The Morgan fingerprint density at radius 2 is 0.704 bits per heavy atom. The molecule has 3 fully saturated rings. The van der Waals surface area contributed by atoms with Crippen molar-refractivity contribution in [3.63, 3.8) is 0 Å². The summed E-state index contributed by atoms with van der Waals surface area (Å²) in [6.07, 6.45) is 3.91. The number of anilines is 9. The van der Waals surface area contributed by atoms with Gasteiger partial charge in [0.05, 0.1) is 36.3 Å². The van der Waals surface area contributed by atoms with E-state index in [1.54, 1.807) is 36.4 Å². The summed E-state index contributed by atoms with van der Waals surface area (Å²) in [5.74, 6) is -0.483. The molecule has 0 aliphatic carbocycles. The standard InChI is InChI=1S/C28H30FN7O.C27H28FN7O.C26H26FN7O/c1-5-34-13-15-35(16-14-34)21-9-7-20(8-10-21)33-27-26(30-4)28(32-18-31-27)37-24-12-11-23-22(25(24)29)17-19(3)36(23)6-2;1-5-35-18(2)16-21-22(35)10-11-23(24(21)28)36-27-25(29-3)26(30-17-31-27)32-19-6-8-20(9-7-19)34-14-12-33(4)13-15-34;1-4-34-17(2)15-20-21(34)9-10-22(23(20)27)35-26-24(28-3)25(30-16-31-26)32-18-5-7-19(8-6-18)33-13-11-29-12-14-33/h7-12,17-18H,5-6,13-16H2,1-3H3,(H,31,32,33);6-11,16-17H,5,12-15H2,1-2,4H3,(H,30,31,32);5-10,15-16,29H,4,11-14H2,1-2H3,(H,30,31,32). The summed E-state index contributed by atoms with van der Waals surface area (Å²) in [5, 5.41) is 14.3. The van der Waals surface area contributed by atoms with E-state index in [4.69, 9.17) is 33.9 Å². The van der Waals surface area contributed by atoms with Crippen LogP contribution in [0.15, 0.2) is 146 Å². The van der Waals surface area contributed by atoms with Crippen molar-refractivity contribution in [3.8, 4) is 34.9 Å². The van der Waals surface area contributed by atoms with E-state index in [0.717, 1.165) is 172 Å². The van der Waals surface area contributed by atoms with E-state index in [2.05, 4.69) is 128 Å². The summed E-state index contributed by atoms with van der Waals surface area (Å²) in [6.45, 7) is 52.5. The van der Waals surface area contributed by atoms with Crippen LogP contribution in [0.1, 0.15) is 44.8 Å². The van der Waals surface area contributed by atoms with Gasteiger partial charge in [-0.05, 0) is 183 Å². The molecule has 0 spiro atoms. The summed E-state index contributed by atoms with van der Waals surface area (Å²) in [5.41, 5.74) is 11.4. The van der Waals surface area contributed by atoms with Gasteiger partial charge in [-0.15, -0.1) is 0 Å². The van der Waals surface area contributed by atoms with Crippen molar-refractivity contribution in [2.24, 2.45) is 0 Å². The molecule has 0 unspecified atom stereocenters. The monoisotopic (exact) mass is 1460 g/mol. The maximum absolute atomic E-state index is 15.3. The van der Waals surface area contributed by atoms with E-state index in [-0.39, 0.29) is 52.0 Å². The highest BCUT2D eigenvalue weighted by atomic mass is 19.1. The van der Waals surface area contributed by atoms with Crippen molar-refractivity contribution in [2.75, 3.05) is 123 Å². The van der Waals surface area contributed by atoms with Crippen LogP contribution in [-0.4, -0.2) is 146 Å². The van der Waals surface area contributed by atoms with E-state index in [0.29, 0.717) is 33.6 Å². The predicted molar refractivity (Wildman–Crippen MR) is 420 cm³/mol. The minimum atomic E-state index is -0.481. The first-order valence-electron chi connectivity index (χ1n) is 36.1. The maximum atomic E-state index is 15.3. The lowest BCUT2D eigenvalue weighted by atomic mass is 10.2. The summed E-state index contributed by atoms with van der Waals surface area (Å²) >= 11 is 0. The molecule has 0 bridgehead atoms. The number of hydrogen-bond acceptors (Lipinski definition) is 18. The smallest absolute Gasteiger partial charge is 0.288 e. The van der Waals surface area contributed by atoms with Gasteiger partial charge in [0.1, 0.15) is 36.4 Å². The quantitative estimate of drug-likeness (QED) is 0.0557. The Kier molecular flexibility index (Phi) is 22.8. The van der Waals surface area contributed by atoms with Gasteiger partial charge in [0.15, 0.2) is 34.7 Å². The number of benzene rings is 6. The lowest BCUT2D eigenvalue weighted by Gasteiger charge is -2.35. The molecular weight excluding hydrogens is 1370 g/mol. The first kappa shape index (κ1) is 73.8. The zero-order valence-electron chi connectivity index (χ0n) is 61.6. The fourth-order valence-electron chi connectivity index (χ4n) is 13.9. The highest BCUT2D eigenvalue weighted by Gasteiger charge is 2.25. The predicted octanol–water partition coefficient (Wildman–Crippen LogP) is 17.3. The molecule has 0 radical (unpaired) electrons. The first-order valence-corrected chi connectivity index (χ1v) is 36.1. The van der Waals surface area contributed by atoms with Gasteiger partial charge in [-0.2, -0.15) is 0 Å². The third kappa shape index (κ3) is 15.9. The molecular formula is C81H84F3N21O3. The van der Waals surface area contributed by atoms with Crippen LogP contribution in [0.25, 0.3) is 47.2 Å². The number of rotatable bonds is 19. The second-order valence-corrected chi connectivity index (χ2v) is 26.3. The number of piperazine rings is 3. The number of nitrogens with zero attached hydrogens (tertiary/aromatic N) is 17. The highest BCUT2D eigenvalue weighted by molar-refractivity contribution is 5.87. The van der Waals surface area contributed by atoms with Gasteiger partial charge in [-0.1, -0.05) is 6.92 Å². The number of nitrogens with one attached hydrogen (secondary N) is 4. The van der Waals surface area contributed by atoms with Crippen LogP contribution in [0, 0.1) is 57.9 Å². The molecule has 24 nitrogen and oxygen atoms in total. The highest BCUT2D eigenvalue weighted by Crippen LogP contribution is 2.43. The number of halogens is 3. The Bertz CT molecular complexity index is 5330. The van der Waals surface area contributed by atoms with Crippen LogP contribution in [0.4, 0.5) is 81.8 Å². The van der Waals surface area contributed by atoms with Gasteiger partial charge in [-0.3, -0.25) is 0 Å². The van der Waals surface area contributed by atoms with Gasteiger partial charge < -0.3 is 73.7 Å². The Labute approximate surface area is 625 Å². The first-order chi connectivity index (χ1) is 52.6. The molecule has 6 aromatic carbocycles. The molecule has 27 heteroatoms. The largest absolute Gasteiger partial charge is 0.446 e. The average Bonchev–Trinajstić information content (AvgIpc) is 1.67. The number of fused-ring (bicyclic) bond motifs is 3. The summed E-state index contributed by atoms with van der Waals surface area (Å²) in [4.78, 5) is 47.6.